The molecule has 1 atom stereocenters. The van der Waals surface area contributed by atoms with Gasteiger partial charge in [-0.15, -0.1) is 11.8 Å². The van der Waals surface area contributed by atoms with Crippen LogP contribution in [0.3, 0.4) is 0 Å². The predicted molar refractivity (Wildman–Crippen MR) is 85.7 cm³/mol. The smallest absolute Gasteiger partial charge is 0.233 e. The predicted octanol–water partition coefficient (Wildman–Crippen LogP) is 2.10. The average molecular weight is 334 g/mol. The van der Waals surface area contributed by atoms with Gasteiger partial charge in [0.1, 0.15) is 5.37 Å². The van der Waals surface area contributed by atoms with Crippen LogP contribution in [0.1, 0.15) is 17.4 Å². The Morgan fingerprint density at radius 1 is 1.35 bits per heavy atom. The Morgan fingerprint density at radius 2 is 2.10 bits per heavy atom. The van der Waals surface area contributed by atoms with Crippen LogP contribution >= 0.6 is 35.0 Å². The van der Waals surface area contributed by atoms with Crippen LogP contribution < -0.4 is 4.90 Å². The third-order valence-corrected chi connectivity index (χ3v) is 5.27. The first-order chi connectivity index (χ1) is 9.49. The van der Waals surface area contributed by atoms with E-state index in [-0.39, 0.29) is 11.3 Å². The van der Waals surface area contributed by atoms with Gasteiger partial charge in [-0.2, -0.15) is 0 Å². The third-order valence-electron chi connectivity index (χ3n) is 3.27. The summed E-state index contributed by atoms with van der Waals surface area (Å²) < 4.78 is 0. The van der Waals surface area contributed by atoms with Gasteiger partial charge in [0.2, 0.25) is 5.91 Å². The second-order valence-corrected chi connectivity index (χ2v) is 7.12. The molecule has 20 heavy (non-hydrogen) atoms. The molecule has 0 aromatic heterocycles. The molecule has 110 valence electrons. The number of nitrogens with zero attached hydrogens (tertiary/aromatic N) is 1. The molecule has 1 saturated heterocycles. The second kappa shape index (κ2) is 7.03. The van der Waals surface area contributed by atoms with Crippen molar-refractivity contribution in [1.82, 2.24) is 4.90 Å². The molecular formula is C14H19Cl2N2OS+. The summed E-state index contributed by atoms with van der Waals surface area (Å²) in [5.41, 5.74) is 1.05. The minimum absolute atomic E-state index is 0.0643. The minimum atomic E-state index is 0.0643. The maximum atomic E-state index is 12.0. The lowest BCUT2D eigenvalue weighted by Crippen LogP contribution is -3.05. The van der Waals surface area contributed by atoms with Crippen LogP contribution in [0.2, 0.25) is 10.0 Å². The van der Waals surface area contributed by atoms with Crippen molar-refractivity contribution in [1.29, 1.82) is 0 Å². The largest absolute Gasteiger partial charge is 0.340 e. The van der Waals surface area contributed by atoms with Gasteiger partial charge in [0.05, 0.1) is 36.4 Å². The van der Waals surface area contributed by atoms with Crippen molar-refractivity contribution in [3.8, 4) is 0 Å². The zero-order valence-electron chi connectivity index (χ0n) is 11.7. The van der Waals surface area contributed by atoms with E-state index in [0.717, 1.165) is 25.1 Å². The van der Waals surface area contributed by atoms with Crippen molar-refractivity contribution in [2.24, 2.45) is 0 Å². The van der Waals surface area contributed by atoms with Gasteiger partial charge in [0.15, 0.2) is 0 Å². The van der Waals surface area contributed by atoms with Crippen molar-refractivity contribution in [2.45, 2.75) is 11.8 Å². The standard InChI is InChI=1S/C14H18Cl2N2OS/c1-17(2)6-3-7-18-13(19)9-20-14(18)10-4-5-11(15)12(16)8-10/h4-5,8,14H,3,6-7,9H2,1-2H3/p+1/t14-/m0/s1. The van der Waals surface area contributed by atoms with Crippen molar-refractivity contribution in [3.63, 3.8) is 0 Å². The number of rotatable bonds is 5. The van der Waals surface area contributed by atoms with Crippen molar-refractivity contribution in [3.05, 3.63) is 33.8 Å². The highest BCUT2D eigenvalue weighted by molar-refractivity contribution is 8.00. The molecule has 6 heteroatoms. The second-order valence-electron chi connectivity index (χ2n) is 5.23. The summed E-state index contributed by atoms with van der Waals surface area (Å²) in [5, 5.41) is 1.16. The van der Waals surface area contributed by atoms with Gasteiger partial charge in [-0.25, -0.2) is 0 Å². The van der Waals surface area contributed by atoms with Crippen molar-refractivity contribution in [2.75, 3.05) is 32.9 Å². The first kappa shape index (κ1) is 16.0. The van der Waals surface area contributed by atoms with E-state index in [1.54, 1.807) is 17.8 Å². The van der Waals surface area contributed by atoms with E-state index >= 15 is 0 Å². The monoisotopic (exact) mass is 333 g/mol. The van der Waals surface area contributed by atoms with Crippen LogP contribution in [0.4, 0.5) is 0 Å². The SMILES string of the molecule is C[NH+](C)CCCN1C(=O)CS[C@H]1c1ccc(Cl)c(Cl)c1. The maximum absolute atomic E-state index is 12.0. The first-order valence-corrected chi connectivity index (χ1v) is 8.44. The summed E-state index contributed by atoms with van der Waals surface area (Å²) in [6.07, 6.45) is 1.01. The lowest BCUT2D eigenvalue weighted by molar-refractivity contribution is -0.858. The summed E-state index contributed by atoms with van der Waals surface area (Å²) in [6, 6.07) is 5.61. The minimum Gasteiger partial charge on any atom is -0.340 e. The molecule has 0 bridgehead atoms. The lowest BCUT2D eigenvalue weighted by Gasteiger charge is -2.24. The summed E-state index contributed by atoms with van der Waals surface area (Å²) >= 11 is 13.7. The number of thioether (sulfide) groups is 1. The molecule has 3 nitrogen and oxygen atoms in total. The number of benzene rings is 1. The Bertz CT molecular complexity index is 496. The summed E-state index contributed by atoms with van der Waals surface area (Å²) in [4.78, 5) is 15.4. The molecule has 0 radical (unpaired) electrons. The van der Waals surface area contributed by atoms with Crippen molar-refractivity contribution < 1.29 is 9.69 Å². The normalized spacial score (nSPS) is 19.1. The molecule has 1 heterocycles. The van der Waals surface area contributed by atoms with E-state index in [1.165, 1.54) is 4.90 Å². The highest BCUT2D eigenvalue weighted by Gasteiger charge is 2.32. The highest BCUT2D eigenvalue weighted by atomic mass is 35.5. The molecular weight excluding hydrogens is 315 g/mol. The van der Waals surface area contributed by atoms with Gasteiger partial charge in [-0.05, 0) is 17.7 Å². The number of nitrogens with one attached hydrogen (secondary N) is 1. The van der Waals surface area contributed by atoms with Gasteiger partial charge in [-0.3, -0.25) is 4.79 Å². The van der Waals surface area contributed by atoms with E-state index in [9.17, 15) is 4.79 Å². The van der Waals surface area contributed by atoms with Crippen LogP contribution in [0.15, 0.2) is 18.2 Å². The molecule has 2 rings (SSSR count). The fraction of sp³-hybridized carbons (Fsp3) is 0.500. The number of quaternary nitrogens is 1. The Kier molecular flexibility index (Phi) is 5.61. The molecule has 1 amide bonds. The fourth-order valence-corrected chi connectivity index (χ4v) is 3.76. The van der Waals surface area contributed by atoms with E-state index in [4.69, 9.17) is 23.2 Å². The van der Waals surface area contributed by atoms with Gasteiger partial charge in [0, 0.05) is 13.0 Å². The maximum Gasteiger partial charge on any atom is 0.233 e. The highest BCUT2D eigenvalue weighted by Crippen LogP contribution is 2.40. The van der Waals surface area contributed by atoms with E-state index in [0.29, 0.717) is 15.8 Å². The molecule has 0 spiro atoms. The molecule has 0 unspecified atom stereocenters. The number of carbonyl (C=O) groups is 1. The zero-order chi connectivity index (χ0) is 14.7. The van der Waals surface area contributed by atoms with Gasteiger partial charge in [-0.1, -0.05) is 29.3 Å². The van der Waals surface area contributed by atoms with E-state index < -0.39 is 0 Å². The topological polar surface area (TPSA) is 24.8 Å². The van der Waals surface area contributed by atoms with Gasteiger partial charge < -0.3 is 9.80 Å². The lowest BCUT2D eigenvalue weighted by atomic mass is 10.2. The van der Waals surface area contributed by atoms with E-state index in [1.807, 2.05) is 17.0 Å². The molecule has 1 aromatic rings. The average Bonchev–Trinajstić information content (AvgIpc) is 2.74. The van der Waals surface area contributed by atoms with Crippen LogP contribution in [-0.4, -0.2) is 43.7 Å². The number of halogens is 2. The summed E-state index contributed by atoms with van der Waals surface area (Å²) in [5.74, 6) is 0.750. The Labute approximate surface area is 134 Å². The number of hydrogen-bond donors (Lipinski definition) is 1. The molecule has 0 saturated carbocycles. The molecule has 1 aliphatic heterocycles. The van der Waals surface area contributed by atoms with Crippen LogP contribution in [0.25, 0.3) is 0 Å². The van der Waals surface area contributed by atoms with Crippen LogP contribution in [0, 0.1) is 0 Å². The van der Waals surface area contributed by atoms with Gasteiger partial charge in [0.25, 0.3) is 0 Å². The Morgan fingerprint density at radius 3 is 2.75 bits per heavy atom. The Balaban J connectivity index is 2.08. The number of hydrogen-bond acceptors (Lipinski definition) is 2. The van der Waals surface area contributed by atoms with Crippen LogP contribution in [-0.2, 0) is 4.79 Å². The van der Waals surface area contributed by atoms with E-state index in [2.05, 4.69) is 14.1 Å². The molecule has 1 aliphatic rings. The molecule has 1 fully saturated rings. The first-order valence-electron chi connectivity index (χ1n) is 6.64. The molecule has 0 aliphatic carbocycles. The van der Waals surface area contributed by atoms with Crippen LogP contribution in [0.5, 0.6) is 0 Å². The number of amides is 1. The zero-order valence-corrected chi connectivity index (χ0v) is 14.0. The summed E-state index contributed by atoms with van der Waals surface area (Å²) in [7, 11) is 4.24. The Hall–Kier alpha value is -0.420. The molecule has 1 N–H and O–H groups in total. The quantitative estimate of drug-likeness (QED) is 0.892. The number of carbonyl (C=O) groups excluding carboxylic acids is 1. The molecule has 1 aromatic carbocycles. The van der Waals surface area contributed by atoms with Gasteiger partial charge >= 0.3 is 0 Å². The summed E-state index contributed by atoms with van der Waals surface area (Å²) in [6.45, 7) is 1.85. The fourth-order valence-electron chi connectivity index (χ4n) is 2.24. The van der Waals surface area contributed by atoms with Crippen molar-refractivity contribution >= 4 is 40.9 Å². The third kappa shape index (κ3) is 3.82.